The number of benzene rings is 8. The van der Waals surface area contributed by atoms with Crippen molar-refractivity contribution in [2.24, 2.45) is 46.3 Å². The number of piperazine rings is 2. The molecule has 4 saturated carbocycles. The Bertz CT molecular complexity index is 7710. The van der Waals surface area contributed by atoms with Gasteiger partial charge in [0.2, 0.25) is 25.7 Å². The molecule has 774 valence electrons. The number of pyridine rings is 2. The summed E-state index contributed by atoms with van der Waals surface area (Å²) in [5, 5.41) is 36.4. The number of rotatable bonds is 26. The number of hydrogen-bond donors (Lipinski definition) is 4. The number of carbonyl (C=O) groups excluding carboxylic acids is 7. The highest BCUT2D eigenvalue weighted by Gasteiger charge is 2.67. The van der Waals surface area contributed by atoms with E-state index in [0.29, 0.717) is 143 Å². The molecule has 4 bridgehead atoms. The standard InChI is InChI=1S/C21H30FN3O3S.C20H29N3O3S.C18H18ClN3O2.C17H16ClN3O.C17H13N3O4.C14H8ClN3O4/c1-14-9-17(22)19(23-11-14)25-8-7-24(12-15(25)2)29(27,28)13-21-6-5-16(10-18(21)26)20(21,3)4;1-15-4-5-18(21-13-15)22-8-10-23(11-9-22)27(25,26)14-20-7-6-16(12-17(20)24)19(20,2)3;19-13-5-8-17-16(11-13)22-18(24-17)21-14-6-3-12(4-7-14)10-15(23)2-1-9-20;1-11-4-3-5-14-16(11)20(2)17(19)21(14)10-15(22)12-6-8-13(18)9-7-12;1-11(21)17-18-14-4-2-3-5-15(14)19(17)10-16(22)12-6-8-13(9-7-12)20(23)24;15-10-7-8(18(20)21)5-6-9(10)13(19)17-14-16-11-3-1-2-4-12(11)22-14/h9,11,15-16H,5-8,10,12-13H2,1-4H3;4-5,13,16H,6-12,14H2,1-3H3;3-8,11H,1-2,9-10,20H2,(H,21,22);3-9,19H,10H2,1-2H3;2-9H,10H2,1H3;1-7H,(H,16,17,19)/t15-,16?,21?;;;;;/m0...../s1. The Morgan fingerprint density at radius 3 is 1.74 bits per heavy atom. The maximum Gasteiger partial charge on any atom is 0.302 e. The number of halogens is 4. The van der Waals surface area contributed by atoms with Crippen LogP contribution >= 0.6 is 34.8 Å². The van der Waals surface area contributed by atoms with Crippen molar-refractivity contribution in [2.75, 3.05) is 84.3 Å². The van der Waals surface area contributed by atoms with Crippen molar-refractivity contribution >= 4 is 180 Å². The number of non-ortho nitro benzene ring substituents is 2. The third kappa shape index (κ3) is 23.6. The minimum atomic E-state index is -3.60. The van der Waals surface area contributed by atoms with Gasteiger partial charge >= 0.3 is 6.01 Å². The molecule has 5 N–H and O–H groups in total. The number of aryl methyl sites for hydroxylation is 4. The van der Waals surface area contributed by atoms with Crippen molar-refractivity contribution in [3.63, 3.8) is 0 Å². The quantitative estimate of drug-likeness (QED) is 0.0222. The number of nitrogens with one attached hydrogen (secondary N) is 3. The fourth-order valence-electron chi connectivity index (χ4n) is 20.6. The molecule has 14 aromatic rings. The average Bonchev–Trinajstić information content (AvgIpc) is 1.55. The Labute approximate surface area is 868 Å². The summed E-state index contributed by atoms with van der Waals surface area (Å²) in [6.07, 6.45) is 9.49. The van der Waals surface area contributed by atoms with E-state index >= 15 is 0 Å². The third-order valence-electron chi connectivity index (χ3n) is 29.3. The zero-order valence-corrected chi connectivity index (χ0v) is 87.2. The largest absolute Gasteiger partial charge is 0.423 e. The number of ketones is 6. The molecule has 6 aromatic heterocycles. The third-order valence-corrected chi connectivity index (χ3v) is 34.1. The number of oxazole rings is 2. The summed E-state index contributed by atoms with van der Waals surface area (Å²) >= 11 is 17.7. The van der Waals surface area contributed by atoms with Crippen LogP contribution < -0.4 is 31.8 Å². The molecule has 4 aliphatic carbocycles. The molecule has 6 fully saturated rings. The van der Waals surface area contributed by atoms with E-state index in [0.717, 1.165) is 76.5 Å². The summed E-state index contributed by atoms with van der Waals surface area (Å²) in [5.41, 5.74) is 15.0. The molecule has 0 radical (unpaired) electrons. The monoisotopic (exact) mass is 2110 g/mol. The van der Waals surface area contributed by atoms with Gasteiger partial charge in [-0.3, -0.25) is 64.5 Å². The van der Waals surface area contributed by atoms with Crippen LogP contribution in [0.1, 0.15) is 157 Å². The minimum absolute atomic E-state index is 0.0227. The molecule has 35 nitrogen and oxygen atoms in total. The van der Waals surface area contributed by atoms with Crippen LogP contribution in [0.15, 0.2) is 215 Å². The SMILES string of the molecule is CC(=O)c1nc2ccccc2n1CC(=O)c1ccc([N+](=O)[O-])cc1.Cc1ccc(N2CCN(S(=O)(=O)CC34CCC(CC3=O)C4(C)C)CC2)nc1.Cc1cccc2c1n(C)c(=N)n2CC(=O)c1ccc(Cl)cc1.Cc1cnc(N2CCN(S(=O)(=O)CC34CCC(CC3=O)C4(C)C)C[C@@H]2C)c(F)c1.NCCCC(=O)Cc1ccc(Nc2nc3cc(Cl)ccc3o2)cc1.O=C(Nc1nc2ccccc2o1)c1ccc([N+](=O)[O-])cc1Cl. The van der Waals surface area contributed by atoms with Crippen LogP contribution in [0.3, 0.4) is 0 Å². The first-order valence-electron chi connectivity index (χ1n) is 48.3. The van der Waals surface area contributed by atoms with E-state index < -0.39 is 46.6 Å². The number of carbonyl (C=O) groups is 7. The fourth-order valence-corrected chi connectivity index (χ4v) is 25.7. The number of nitro groups is 2. The number of aromatic nitrogens is 8. The maximum absolute atomic E-state index is 14.4. The molecular formula is C107H114Cl3FN18O17S2. The molecule has 4 unspecified atom stereocenters. The number of Topliss-reactive ketones (excluding diaryl/α,β-unsaturated/α-hetero) is 6. The Balaban J connectivity index is 0.000000133. The average molecular weight is 2110 g/mol. The molecule has 1 amide bonds. The Hall–Kier alpha value is -14.0. The second-order valence-electron chi connectivity index (χ2n) is 39.2. The Kier molecular flexibility index (Phi) is 32.9. The van der Waals surface area contributed by atoms with Gasteiger partial charge in [0.25, 0.3) is 23.3 Å². The summed E-state index contributed by atoms with van der Waals surface area (Å²) in [6.45, 7) is 21.1. The van der Waals surface area contributed by atoms with Crippen molar-refractivity contribution in [1.29, 1.82) is 5.41 Å². The Morgan fingerprint density at radius 1 is 0.601 bits per heavy atom. The lowest BCUT2D eigenvalue weighted by Crippen LogP contribution is -2.56. The lowest BCUT2D eigenvalue weighted by Gasteiger charge is -2.42. The van der Waals surface area contributed by atoms with E-state index in [2.05, 4.69) is 68.1 Å². The van der Waals surface area contributed by atoms with Crippen LogP contribution in [0.4, 0.5) is 45.1 Å². The molecule has 41 heteroatoms. The normalized spacial score (nSPS) is 18.7. The van der Waals surface area contributed by atoms with E-state index in [-0.39, 0.29) is 141 Å². The minimum Gasteiger partial charge on any atom is -0.423 e. The van der Waals surface area contributed by atoms with Gasteiger partial charge in [0.05, 0.1) is 67.1 Å². The van der Waals surface area contributed by atoms with Crippen molar-refractivity contribution in [3.05, 3.63) is 298 Å². The summed E-state index contributed by atoms with van der Waals surface area (Å²) in [6, 6.07) is 54.5. The van der Waals surface area contributed by atoms with E-state index in [1.807, 2.05) is 99.6 Å². The van der Waals surface area contributed by atoms with E-state index in [1.165, 1.54) is 53.7 Å². The van der Waals surface area contributed by atoms with Gasteiger partial charge in [0.15, 0.2) is 46.0 Å². The summed E-state index contributed by atoms with van der Waals surface area (Å²) < 4.78 is 86.6. The highest BCUT2D eigenvalue weighted by molar-refractivity contribution is 7.89. The predicted octanol–water partition coefficient (Wildman–Crippen LogP) is 19.1. The van der Waals surface area contributed by atoms with Crippen LogP contribution in [-0.4, -0.2) is 184 Å². The van der Waals surface area contributed by atoms with E-state index in [1.54, 1.807) is 116 Å². The number of nitrogens with two attached hydrogens (primary N) is 1. The van der Waals surface area contributed by atoms with Gasteiger partial charge < -0.3 is 43.4 Å². The molecule has 5 atom stereocenters. The van der Waals surface area contributed by atoms with Gasteiger partial charge in [0, 0.05) is 166 Å². The highest BCUT2D eigenvalue weighted by Crippen LogP contribution is 2.66. The molecule has 6 aliphatic rings. The second-order valence-corrected chi connectivity index (χ2v) is 44.4. The summed E-state index contributed by atoms with van der Waals surface area (Å²) in [5.74, 6) is 0.874. The van der Waals surface area contributed by atoms with Crippen LogP contribution in [0, 0.1) is 85.7 Å². The van der Waals surface area contributed by atoms with Crippen molar-refractivity contribution in [2.45, 2.75) is 139 Å². The molecule has 8 heterocycles. The van der Waals surface area contributed by atoms with Crippen molar-refractivity contribution in [1.82, 2.24) is 47.2 Å². The van der Waals surface area contributed by atoms with Crippen molar-refractivity contribution < 1.29 is 73.5 Å². The van der Waals surface area contributed by atoms with Crippen LogP contribution in [0.5, 0.6) is 0 Å². The number of para-hydroxylation sites is 5. The first kappa shape index (κ1) is 108. The zero-order valence-electron chi connectivity index (χ0n) is 83.3. The summed E-state index contributed by atoms with van der Waals surface area (Å²) in [7, 11) is -5.21. The number of amides is 1. The van der Waals surface area contributed by atoms with Gasteiger partial charge in [-0.15, -0.1) is 0 Å². The second kappa shape index (κ2) is 45.0. The molecule has 20 rings (SSSR count). The van der Waals surface area contributed by atoms with Crippen LogP contribution in [0.25, 0.3) is 44.3 Å². The highest BCUT2D eigenvalue weighted by atomic mass is 35.5. The maximum atomic E-state index is 14.4. The number of sulfonamides is 2. The number of fused-ring (bicyclic) bond motifs is 8. The van der Waals surface area contributed by atoms with E-state index in [9.17, 15) is 75.0 Å². The molecule has 148 heavy (non-hydrogen) atoms. The van der Waals surface area contributed by atoms with E-state index in [4.69, 9.17) is 54.8 Å². The van der Waals surface area contributed by atoms with Crippen LogP contribution in [0.2, 0.25) is 15.1 Å². The number of nitro benzene ring substituents is 2. The topological polar surface area (TPSA) is 466 Å². The predicted molar refractivity (Wildman–Crippen MR) is 565 cm³/mol. The molecule has 0 spiro atoms. The number of imidazole rings is 2. The lowest BCUT2D eigenvalue weighted by molar-refractivity contribution is -0.385. The van der Waals surface area contributed by atoms with Crippen molar-refractivity contribution in [3.8, 4) is 0 Å². The van der Waals surface area contributed by atoms with Crippen LogP contribution in [-0.2, 0) is 61.0 Å². The first-order chi connectivity index (χ1) is 70.3. The molecular weight excluding hydrogens is 2000 g/mol. The Morgan fingerprint density at radius 2 is 1.16 bits per heavy atom. The zero-order chi connectivity index (χ0) is 106. The van der Waals surface area contributed by atoms with Gasteiger partial charge in [-0.2, -0.15) is 18.6 Å². The number of anilines is 5. The molecule has 2 saturated heterocycles. The van der Waals surface area contributed by atoms with Gasteiger partial charge in [-0.05, 0) is 227 Å². The smallest absolute Gasteiger partial charge is 0.302 e. The number of hydrogen-bond acceptors (Lipinski definition) is 27. The summed E-state index contributed by atoms with van der Waals surface area (Å²) in [4.78, 5) is 132. The van der Waals surface area contributed by atoms with Gasteiger partial charge in [-0.1, -0.05) is 117 Å². The first-order valence-corrected chi connectivity index (χ1v) is 52.7. The van der Waals surface area contributed by atoms with Gasteiger partial charge in [0.1, 0.15) is 34.2 Å². The fraction of sp³-hybridized carbons (Fsp3) is 0.355. The molecule has 2 aliphatic heterocycles. The lowest BCUT2D eigenvalue weighted by atomic mass is 9.70. The molecule has 8 aromatic carbocycles. The number of nitrogens with zero attached hydrogens (tertiary/aromatic N) is 14. The van der Waals surface area contributed by atoms with Gasteiger partial charge in [-0.25, -0.2) is 36.2 Å².